The van der Waals surface area contributed by atoms with Crippen molar-refractivity contribution in [1.82, 2.24) is 0 Å². The highest BCUT2D eigenvalue weighted by atomic mass is 35.5. The van der Waals surface area contributed by atoms with Gasteiger partial charge in [0.15, 0.2) is 0 Å². The number of carboxylic acids is 1. The number of hydrogen-bond acceptors (Lipinski definition) is 2. The van der Waals surface area contributed by atoms with Crippen LogP contribution in [0.25, 0.3) is 0 Å². The van der Waals surface area contributed by atoms with Crippen LogP contribution in [0.1, 0.15) is 17.3 Å². The summed E-state index contributed by atoms with van der Waals surface area (Å²) < 4.78 is 5.26. The van der Waals surface area contributed by atoms with Crippen LogP contribution in [0.3, 0.4) is 0 Å². The zero-order valence-electron chi connectivity index (χ0n) is 8.54. The van der Waals surface area contributed by atoms with Gasteiger partial charge in [-0.3, -0.25) is 0 Å². The minimum Gasteiger partial charge on any atom is -0.489 e. The van der Waals surface area contributed by atoms with Crippen molar-refractivity contribution in [3.8, 4) is 5.75 Å². The third-order valence-corrected chi connectivity index (χ3v) is 2.16. The number of allylic oxidation sites excluding steroid dienone is 1. The molecule has 0 aliphatic carbocycles. The van der Waals surface area contributed by atoms with Gasteiger partial charge in [0.1, 0.15) is 17.9 Å². The first-order chi connectivity index (χ1) is 7.50. The molecule has 3 nitrogen and oxygen atoms in total. The molecule has 0 saturated carbocycles. The summed E-state index contributed by atoms with van der Waals surface area (Å²) in [5.41, 5.74) is 0.0353. The average Bonchev–Trinajstić information content (AvgIpc) is 2.19. The fourth-order valence-electron chi connectivity index (χ4n) is 1.04. The summed E-state index contributed by atoms with van der Waals surface area (Å²) in [7, 11) is 0. The van der Waals surface area contributed by atoms with Crippen LogP contribution < -0.4 is 4.74 Å². The van der Waals surface area contributed by atoms with Gasteiger partial charge in [0.25, 0.3) is 0 Å². The highest BCUT2D eigenvalue weighted by molar-refractivity contribution is 6.31. The SMILES string of the molecule is CC(Cl)=CCOc1ccc(Cl)cc1C(=O)O. The van der Waals surface area contributed by atoms with Crippen LogP contribution in [0.15, 0.2) is 29.3 Å². The number of rotatable bonds is 4. The quantitative estimate of drug-likeness (QED) is 0.901. The molecule has 0 aliphatic rings. The Labute approximate surface area is 103 Å². The first-order valence-corrected chi connectivity index (χ1v) is 5.24. The predicted molar refractivity (Wildman–Crippen MR) is 63.5 cm³/mol. The molecule has 0 aliphatic heterocycles. The lowest BCUT2D eigenvalue weighted by molar-refractivity contribution is 0.0693. The van der Waals surface area contributed by atoms with Gasteiger partial charge in [0.05, 0.1) is 0 Å². The normalized spacial score (nSPS) is 11.3. The van der Waals surface area contributed by atoms with Gasteiger partial charge in [0, 0.05) is 10.1 Å². The third-order valence-electron chi connectivity index (χ3n) is 1.78. The maximum atomic E-state index is 10.9. The summed E-state index contributed by atoms with van der Waals surface area (Å²) in [5, 5.41) is 9.86. The molecular formula is C11H10Cl2O3. The van der Waals surface area contributed by atoms with Crippen molar-refractivity contribution in [1.29, 1.82) is 0 Å². The van der Waals surface area contributed by atoms with E-state index in [4.69, 9.17) is 33.0 Å². The Bertz CT molecular complexity index is 423. The largest absolute Gasteiger partial charge is 0.489 e. The van der Waals surface area contributed by atoms with Crippen LogP contribution in [0, 0.1) is 0 Å². The number of halogens is 2. The van der Waals surface area contributed by atoms with Gasteiger partial charge >= 0.3 is 5.97 Å². The Balaban J connectivity index is 2.87. The first-order valence-electron chi connectivity index (χ1n) is 4.48. The van der Waals surface area contributed by atoms with Crippen molar-refractivity contribution in [3.63, 3.8) is 0 Å². The summed E-state index contributed by atoms with van der Waals surface area (Å²) in [6.07, 6.45) is 1.64. The highest BCUT2D eigenvalue weighted by Gasteiger charge is 2.11. The van der Waals surface area contributed by atoms with Crippen molar-refractivity contribution < 1.29 is 14.6 Å². The van der Waals surface area contributed by atoms with E-state index in [1.54, 1.807) is 19.1 Å². The molecule has 5 heteroatoms. The van der Waals surface area contributed by atoms with E-state index in [-0.39, 0.29) is 17.9 Å². The summed E-state index contributed by atoms with van der Waals surface area (Å²) in [6.45, 7) is 1.93. The molecule has 0 heterocycles. The lowest BCUT2D eigenvalue weighted by atomic mass is 10.2. The second-order valence-corrected chi connectivity index (χ2v) is 4.08. The Hall–Kier alpha value is -1.19. The van der Waals surface area contributed by atoms with Crippen LogP contribution in [0.2, 0.25) is 5.02 Å². The smallest absolute Gasteiger partial charge is 0.339 e. The molecule has 0 radical (unpaired) electrons. The molecule has 86 valence electrons. The van der Waals surface area contributed by atoms with Gasteiger partial charge in [-0.2, -0.15) is 0 Å². The Morgan fingerprint density at radius 3 is 2.81 bits per heavy atom. The number of benzene rings is 1. The summed E-state index contributed by atoms with van der Waals surface area (Å²) >= 11 is 11.3. The molecule has 0 saturated heterocycles. The summed E-state index contributed by atoms with van der Waals surface area (Å²) in [6, 6.07) is 4.43. The molecule has 1 aromatic rings. The number of hydrogen-bond donors (Lipinski definition) is 1. The fourth-order valence-corrected chi connectivity index (χ4v) is 1.28. The van der Waals surface area contributed by atoms with Crippen LogP contribution in [-0.4, -0.2) is 17.7 Å². The van der Waals surface area contributed by atoms with Gasteiger partial charge < -0.3 is 9.84 Å². The fraction of sp³-hybridized carbons (Fsp3) is 0.182. The van der Waals surface area contributed by atoms with E-state index in [1.807, 2.05) is 0 Å². The zero-order chi connectivity index (χ0) is 12.1. The number of carboxylic acid groups (broad SMARTS) is 1. The maximum absolute atomic E-state index is 10.9. The number of carbonyl (C=O) groups is 1. The molecule has 0 atom stereocenters. The topological polar surface area (TPSA) is 46.5 Å². The van der Waals surface area contributed by atoms with E-state index >= 15 is 0 Å². The van der Waals surface area contributed by atoms with Crippen molar-refractivity contribution in [2.75, 3.05) is 6.61 Å². The van der Waals surface area contributed by atoms with Gasteiger partial charge in [-0.05, 0) is 31.2 Å². The van der Waals surface area contributed by atoms with Crippen LogP contribution in [0.5, 0.6) is 5.75 Å². The van der Waals surface area contributed by atoms with Crippen molar-refractivity contribution >= 4 is 29.2 Å². The van der Waals surface area contributed by atoms with E-state index in [0.717, 1.165) is 0 Å². The molecule has 16 heavy (non-hydrogen) atoms. The van der Waals surface area contributed by atoms with Gasteiger partial charge in [0.2, 0.25) is 0 Å². The molecule has 0 unspecified atom stereocenters. The number of ether oxygens (including phenoxy) is 1. The van der Waals surface area contributed by atoms with Crippen molar-refractivity contribution in [2.45, 2.75) is 6.92 Å². The van der Waals surface area contributed by atoms with Crippen LogP contribution >= 0.6 is 23.2 Å². The standard InChI is InChI=1S/C11H10Cl2O3/c1-7(12)4-5-16-10-3-2-8(13)6-9(10)11(14)15/h2-4,6H,5H2,1H3,(H,14,15). The Kier molecular flexibility index (Phi) is 4.65. The highest BCUT2D eigenvalue weighted by Crippen LogP contribution is 2.23. The summed E-state index contributed by atoms with van der Waals surface area (Å²) in [5.74, 6) is -0.810. The second-order valence-electron chi connectivity index (χ2n) is 3.05. The van der Waals surface area contributed by atoms with E-state index in [2.05, 4.69) is 0 Å². The lowest BCUT2D eigenvalue weighted by Gasteiger charge is -2.07. The molecule has 0 fully saturated rings. The maximum Gasteiger partial charge on any atom is 0.339 e. The number of aromatic carboxylic acids is 1. The predicted octanol–water partition coefficient (Wildman–Crippen LogP) is 3.56. The second kappa shape index (κ2) is 5.77. The van der Waals surface area contributed by atoms with E-state index < -0.39 is 5.97 Å². The Morgan fingerprint density at radius 2 is 2.25 bits per heavy atom. The monoisotopic (exact) mass is 260 g/mol. The molecular weight excluding hydrogens is 251 g/mol. The minimum absolute atomic E-state index is 0.0353. The first kappa shape index (κ1) is 12.9. The van der Waals surface area contributed by atoms with Gasteiger partial charge in [-0.1, -0.05) is 23.2 Å². The lowest BCUT2D eigenvalue weighted by Crippen LogP contribution is -2.03. The molecule has 0 bridgehead atoms. The molecule has 0 aromatic heterocycles. The van der Waals surface area contributed by atoms with Crippen LogP contribution in [0.4, 0.5) is 0 Å². The van der Waals surface area contributed by atoms with Crippen molar-refractivity contribution in [2.24, 2.45) is 0 Å². The summed E-state index contributed by atoms with van der Waals surface area (Å²) in [4.78, 5) is 10.9. The molecule has 1 rings (SSSR count). The third kappa shape index (κ3) is 3.76. The van der Waals surface area contributed by atoms with E-state index in [1.165, 1.54) is 12.1 Å². The molecule has 1 aromatic carbocycles. The average molecular weight is 261 g/mol. The minimum atomic E-state index is -1.08. The van der Waals surface area contributed by atoms with Gasteiger partial charge in [-0.15, -0.1) is 0 Å². The van der Waals surface area contributed by atoms with Crippen LogP contribution in [-0.2, 0) is 0 Å². The van der Waals surface area contributed by atoms with E-state index in [0.29, 0.717) is 10.1 Å². The van der Waals surface area contributed by atoms with E-state index in [9.17, 15) is 4.79 Å². The zero-order valence-corrected chi connectivity index (χ0v) is 10.0. The Morgan fingerprint density at radius 1 is 1.56 bits per heavy atom. The molecule has 0 spiro atoms. The molecule has 1 N–H and O–H groups in total. The molecule has 0 amide bonds. The van der Waals surface area contributed by atoms with Crippen molar-refractivity contribution in [3.05, 3.63) is 39.9 Å². The van der Waals surface area contributed by atoms with Gasteiger partial charge in [-0.25, -0.2) is 4.79 Å².